The van der Waals surface area contributed by atoms with Crippen LogP contribution in [-0.4, -0.2) is 5.78 Å². The molecule has 1 nitrogen and oxygen atoms in total. The largest absolute Gasteiger partial charge is 0.289 e. The van der Waals surface area contributed by atoms with Gasteiger partial charge in [0, 0.05) is 5.56 Å². The summed E-state index contributed by atoms with van der Waals surface area (Å²) in [5.41, 5.74) is 6.29. The van der Waals surface area contributed by atoms with E-state index in [0.717, 1.165) is 27.8 Å². The van der Waals surface area contributed by atoms with Crippen LogP contribution in [0.15, 0.2) is 115 Å². The van der Waals surface area contributed by atoms with Gasteiger partial charge in [-0.05, 0) is 33.9 Å². The summed E-state index contributed by atoms with van der Waals surface area (Å²) in [6.07, 6.45) is 3.58. The van der Waals surface area contributed by atoms with Crippen molar-refractivity contribution >= 4 is 11.9 Å². The molecule has 28 heavy (non-hydrogen) atoms. The van der Waals surface area contributed by atoms with Crippen LogP contribution in [0.25, 0.3) is 28.3 Å². The number of ketones is 1. The molecule has 0 bridgehead atoms. The molecular weight excluding hydrogens is 340 g/mol. The molecule has 0 unspecified atom stereocenters. The number of hydrogen-bond acceptors (Lipinski definition) is 1. The predicted molar refractivity (Wildman–Crippen MR) is 117 cm³/mol. The Morgan fingerprint density at radius 1 is 0.571 bits per heavy atom. The summed E-state index contributed by atoms with van der Waals surface area (Å²) in [6.45, 7) is 0. The fourth-order valence-corrected chi connectivity index (χ4v) is 3.36. The van der Waals surface area contributed by atoms with Gasteiger partial charge >= 0.3 is 0 Å². The molecule has 0 aliphatic carbocycles. The fourth-order valence-electron chi connectivity index (χ4n) is 3.36. The van der Waals surface area contributed by atoms with Crippen molar-refractivity contribution in [1.82, 2.24) is 0 Å². The first-order valence-electron chi connectivity index (χ1n) is 9.34. The number of carbonyl (C=O) groups is 1. The van der Waals surface area contributed by atoms with Crippen molar-refractivity contribution in [2.75, 3.05) is 0 Å². The van der Waals surface area contributed by atoms with E-state index >= 15 is 0 Å². The van der Waals surface area contributed by atoms with E-state index < -0.39 is 0 Å². The Balaban J connectivity index is 1.81. The van der Waals surface area contributed by atoms with E-state index in [-0.39, 0.29) is 5.78 Å². The van der Waals surface area contributed by atoms with Crippen LogP contribution < -0.4 is 0 Å². The monoisotopic (exact) mass is 360 g/mol. The van der Waals surface area contributed by atoms with Gasteiger partial charge in [-0.25, -0.2) is 0 Å². The second-order valence-corrected chi connectivity index (χ2v) is 6.57. The van der Waals surface area contributed by atoms with Crippen molar-refractivity contribution in [3.63, 3.8) is 0 Å². The minimum absolute atomic E-state index is 0.00438. The molecule has 0 spiro atoms. The third-order valence-electron chi connectivity index (χ3n) is 4.72. The van der Waals surface area contributed by atoms with Crippen LogP contribution in [-0.2, 0) is 0 Å². The average molecular weight is 360 g/mol. The van der Waals surface area contributed by atoms with Crippen LogP contribution in [0.1, 0.15) is 15.9 Å². The van der Waals surface area contributed by atoms with Crippen molar-refractivity contribution in [3.8, 4) is 22.3 Å². The Kier molecular flexibility index (Phi) is 5.26. The summed E-state index contributed by atoms with van der Waals surface area (Å²) in [4.78, 5) is 12.5. The molecule has 4 aromatic carbocycles. The molecule has 0 saturated heterocycles. The van der Waals surface area contributed by atoms with Gasteiger partial charge in [-0.3, -0.25) is 4.79 Å². The van der Waals surface area contributed by atoms with E-state index in [1.54, 1.807) is 6.08 Å². The van der Waals surface area contributed by atoms with Gasteiger partial charge in [-0.1, -0.05) is 115 Å². The van der Waals surface area contributed by atoms with E-state index in [4.69, 9.17) is 0 Å². The minimum atomic E-state index is 0.00438. The Morgan fingerprint density at radius 3 is 1.79 bits per heavy atom. The van der Waals surface area contributed by atoms with Crippen molar-refractivity contribution in [1.29, 1.82) is 0 Å². The van der Waals surface area contributed by atoms with E-state index in [9.17, 15) is 4.79 Å². The maximum Gasteiger partial charge on any atom is 0.185 e. The maximum atomic E-state index is 12.5. The number of hydrogen-bond donors (Lipinski definition) is 0. The zero-order chi connectivity index (χ0) is 19.2. The third kappa shape index (κ3) is 3.84. The lowest BCUT2D eigenvalue weighted by Gasteiger charge is -2.14. The minimum Gasteiger partial charge on any atom is -0.289 e. The highest BCUT2D eigenvalue weighted by Crippen LogP contribution is 2.35. The molecule has 0 heterocycles. The van der Waals surface area contributed by atoms with Gasteiger partial charge in [-0.15, -0.1) is 0 Å². The Bertz CT molecular complexity index is 1090. The highest BCUT2D eigenvalue weighted by atomic mass is 16.1. The molecular formula is C27H20O. The van der Waals surface area contributed by atoms with E-state index in [2.05, 4.69) is 36.4 Å². The fraction of sp³-hybridized carbons (Fsp3) is 0. The summed E-state index contributed by atoms with van der Waals surface area (Å²) < 4.78 is 0. The van der Waals surface area contributed by atoms with Crippen LogP contribution in [0.2, 0.25) is 0 Å². The highest BCUT2D eigenvalue weighted by molar-refractivity contribution is 6.07. The lowest BCUT2D eigenvalue weighted by Crippen LogP contribution is -1.94. The lowest BCUT2D eigenvalue weighted by atomic mass is 9.90. The summed E-state index contributed by atoms with van der Waals surface area (Å²) in [7, 11) is 0. The first kappa shape index (κ1) is 17.7. The molecule has 0 fully saturated rings. The molecule has 0 amide bonds. The molecule has 0 aromatic heterocycles. The molecule has 0 radical (unpaired) electrons. The van der Waals surface area contributed by atoms with E-state index in [1.165, 1.54) is 0 Å². The second-order valence-electron chi connectivity index (χ2n) is 6.57. The Morgan fingerprint density at radius 2 is 1.14 bits per heavy atom. The van der Waals surface area contributed by atoms with Crippen molar-refractivity contribution < 1.29 is 4.79 Å². The SMILES string of the molecule is O=C(C=Cc1cccc(-c2ccccc2)c1-c1ccccc1)c1ccccc1. The van der Waals surface area contributed by atoms with Crippen LogP contribution in [0.4, 0.5) is 0 Å². The smallest absolute Gasteiger partial charge is 0.185 e. The van der Waals surface area contributed by atoms with Crippen LogP contribution >= 0.6 is 0 Å². The van der Waals surface area contributed by atoms with E-state index in [0.29, 0.717) is 5.56 Å². The van der Waals surface area contributed by atoms with Crippen LogP contribution in [0.5, 0.6) is 0 Å². The molecule has 0 saturated carbocycles. The second kappa shape index (κ2) is 8.32. The standard InChI is InChI=1S/C27H20O/c28-26(22-13-6-2-7-14-22)20-19-24-17-10-18-25(21-11-4-1-5-12-21)27(24)23-15-8-3-9-16-23/h1-20H. The van der Waals surface area contributed by atoms with Gasteiger partial charge in [0.1, 0.15) is 0 Å². The van der Waals surface area contributed by atoms with Crippen molar-refractivity contribution in [3.05, 3.63) is 126 Å². The molecule has 0 atom stereocenters. The van der Waals surface area contributed by atoms with Crippen molar-refractivity contribution in [2.45, 2.75) is 0 Å². The summed E-state index contributed by atoms with van der Waals surface area (Å²) >= 11 is 0. The topological polar surface area (TPSA) is 17.1 Å². The van der Waals surface area contributed by atoms with Crippen molar-refractivity contribution in [2.24, 2.45) is 0 Å². The molecule has 1 heteroatoms. The molecule has 0 aliphatic heterocycles. The lowest BCUT2D eigenvalue weighted by molar-refractivity contribution is 0.104. The first-order chi connectivity index (χ1) is 13.8. The van der Waals surface area contributed by atoms with Gasteiger partial charge in [-0.2, -0.15) is 0 Å². The summed E-state index contributed by atoms with van der Waals surface area (Å²) in [5, 5.41) is 0. The number of benzene rings is 4. The normalized spacial score (nSPS) is 10.9. The molecule has 4 rings (SSSR count). The van der Waals surface area contributed by atoms with E-state index in [1.807, 2.05) is 78.9 Å². The Labute approximate surface area is 165 Å². The van der Waals surface area contributed by atoms with Gasteiger partial charge in [0.25, 0.3) is 0 Å². The van der Waals surface area contributed by atoms with Gasteiger partial charge in [0.15, 0.2) is 5.78 Å². The quantitative estimate of drug-likeness (QED) is 0.279. The maximum absolute atomic E-state index is 12.5. The first-order valence-corrected chi connectivity index (χ1v) is 9.34. The van der Waals surface area contributed by atoms with Gasteiger partial charge < -0.3 is 0 Å². The predicted octanol–water partition coefficient (Wildman–Crippen LogP) is 6.92. The highest BCUT2D eigenvalue weighted by Gasteiger charge is 2.11. The molecule has 0 aliphatic rings. The number of carbonyl (C=O) groups excluding carboxylic acids is 1. The molecule has 0 N–H and O–H groups in total. The average Bonchev–Trinajstić information content (AvgIpc) is 2.79. The molecule has 4 aromatic rings. The zero-order valence-corrected chi connectivity index (χ0v) is 15.5. The summed E-state index contributed by atoms with van der Waals surface area (Å²) in [5.74, 6) is 0.00438. The van der Waals surface area contributed by atoms with Crippen LogP contribution in [0, 0.1) is 0 Å². The third-order valence-corrected chi connectivity index (χ3v) is 4.72. The zero-order valence-electron chi connectivity index (χ0n) is 15.5. The Hall–Kier alpha value is -3.71. The molecule has 134 valence electrons. The van der Waals surface area contributed by atoms with Gasteiger partial charge in [0.2, 0.25) is 0 Å². The van der Waals surface area contributed by atoms with Gasteiger partial charge in [0.05, 0.1) is 0 Å². The summed E-state index contributed by atoms with van der Waals surface area (Å²) in [6, 6.07) is 36.3. The van der Waals surface area contributed by atoms with Crippen LogP contribution in [0.3, 0.4) is 0 Å². The number of rotatable bonds is 5. The number of allylic oxidation sites excluding steroid dienone is 1.